The van der Waals surface area contributed by atoms with Gasteiger partial charge in [0.05, 0.1) is 6.54 Å². The fourth-order valence-corrected chi connectivity index (χ4v) is 3.33. The number of thiophene rings is 1. The van der Waals surface area contributed by atoms with Crippen LogP contribution in [0, 0.1) is 6.92 Å². The number of nitrogens with two attached hydrogens (primary N) is 1. The zero-order valence-electron chi connectivity index (χ0n) is 11.5. The zero-order valence-corrected chi connectivity index (χ0v) is 13.1. The highest BCUT2D eigenvalue weighted by atomic mass is 32.1. The first kappa shape index (κ1) is 13.6. The van der Waals surface area contributed by atoms with Crippen LogP contribution in [-0.4, -0.2) is 11.0 Å². The Morgan fingerprint density at radius 2 is 2.20 bits per heavy atom. The second-order valence-electron chi connectivity index (χ2n) is 5.32. The predicted octanol–water partition coefficient (Wildman–Crippen LogP) is 3.86. The molecule has 0 spiro atoms. The van der Waals surface area contributed by atoms with Crippen LogP contribution in [0.2, 0.25) is 0 Å². The molecule has 0 aliphatic heterocycles. The fraction of sp³-hybridized carbons (Fsp3) is 0.312. The van der Waals surface area contributed by atoms with Gasteiger partial charge in [-0.15, -0.1) is 11.3 Å². The summed E-state index contributed by atoms with van der Waals surface area (Å²) in [6.45, 7) is 3.02. The van der Waals surface area contributed by atoms with Crippen LogP contribution in [0.5, 0.6) is 0 Å². The van der Waals surface area contributed by atoms with Gasteiger partial charge in [0.15, 0.2) is 0 Å². The van der Waals surface area contributed by atoms with E-state index in [-0.39, 0.29) is 0 Å². The summed E-state index contributed by atoms with van der Waals surface area (Å²) in [5.74, 6) is 0. The van der Waals surface area contributed by atoms with Gasteiger partial charge in [-0.2, -0.15) is 0 Å². The molecule has 0 saturated heterocycles. The van der Waals surface area contributed by atoms with E-state index < -0.39 is 0 Å². The molecule has 2 nitrogen and oxygen atoms in total. The molecular formula is C16H18N2S2. The van der Waals surface area contributed by atoms with Gasteiger partial charge in [0.2, 0.25) is 0 Å². The molecule has 2 aromatic rings. The first-order valence-electron chi connectivity index (χ1n) is 6.84. The fourth-order valence-electron chi connectivity index (χ4n) is 2.47. The second-order valence-corrected chi connectivity index (χ2v) is 6.80. The average molecular weight is 302 g/mol. The quantitative estimate of drug-likeness (QED) is 0.850. The molecule has 0 atom stereocenters. The highest BCUT2D eigenvalue weighted by Crippen LogP contribution is 2.35. The van der Waals surface area contributed by atoms with Crippen LogP contribution in [0.3, 0.4) is 0 Å². The highest BCUT2D eigenvalue weighted by Gasteiger charge is 2.31. The van der Waals surface area contributed by atoms with Gasteiger partial charge in [0, 0.05) is 22.2 Å². The van der Waals surface area contributed by atoms with Gasteiger partial charge in [0.1, 0.15) is 4.99 Å². The largest absolute Gasteiger partial charge is 0.389 e. The Bertz CT molecular complexity index is 615. The van der Waals surface area contributed by atoms with E-state index in [4.69, 9.17) is 18.0 Å². The van der Waals surface area contributed by atoms with Crippen molar-refractivity contribution in [3.63, 3.8) is 0 Å². The van der Waals surface area contributed by atoms with Gasteiger partial charge in [-0.25, -0.2) is 0 Å². The molecule has 0 bridgehead atoms. The van der Waals surface area contributed by atoms with Crippen LogP contribution in [0.25, 0.3) is 0 Å². The maximum absolute atomic E-state index is 5.92. The van der Waals surface area contributed by atoms with Crippen molar-refractivity contribution in [2.45, 2.75) is 32.4 Å². The van der Waals surface area contributed by atoms with Crippen LogP contribution >= 0.6 is 23.6 Å². The standard InChI is InChI=1S/C16H18N2S2/c1-11-4-7-15(14(9-11)16(17)19)18(12-5-6-12)10-13-3-2-8-20-13/h2-4,7-9,12H,5-6,10H2,1H3,(H2,17,19). The van der Waals surface area contributed by atoms with E-state index in [9.17, 15) is 0 Å². The van der Waals surface area contributed by atoms with Gasteiger partial charge in [-0.05, 0) is 43.3 Å². The van der Waals surface area contributed by atoms with E-state index >= 15 is 0 Å². The van der Waals surface area contributed by atoms with Crippen molar-refractivity contribution in [1.29, 1.82) is 0 Å². The predicted molar refractivity (Wildman–Crippen MR) is 90.6 cm³/mol. The first-order valence-corrected chi connectivity index (χ1v) is 8.13. The molecule has 4 heteroatoms. The molecule has 1 fully saturated rings. The zero-order chi connectivity index (χ0) is 14.1. The van der Waals surface area contributed by atoms with Gasteiger partial charge in [-0.1, -0.05) is 29.9 Å². The third-order valence-electron chi connectivity index (χ3n) is 3.62. The second kappa shape index (κ2) is 5.54. The van der Waals surface area contributed by atoms with Gasteiger partial charge in [0.25, 0.3) is 0 Å². The van der Waals surface area contributed by atoms with Gasteiger partial charge < -0.3 is 10.6 Å². The van der Waals surface area contributed by atoms with Crippen LogP contribution in [0.4, 0.5) is 5.69 Å². The van der Waals surface area contributed by atoms with E-state index in [2.05, 4.69) is 47.5 Å². The molecule has 1 aromatic heterocycles. The maximum atomic E-state index is 5.92. The van der Waals surface area contributed by atoms with E-state index in [1.54, 1.807) is 11.3 Å². The van der Waals surface area contributed by atoms with Crippen molar-refractivity contribution in [1.82, 2.24) is 0 Å². The Balaban J connectivity index is 1.97. The van der Waals surface area contributed by atoms with Crippen molar-refractivity contribution in [2.24, 2.45) is 5.73 Å². The molecule has 104 valence electrons. The summed E-state index contributed by atoms with van der Waals surface area (Å²) in [4.78, 5) is 4.33. The summed E-state index contributed by atoms with van der Waals surface area (Å²) >= 11 is 7.04. The lowest BCUT2D eigenvalue weighted by Gasteiger charge is -2.26. The highest BCUT2D eigenvalue weighted by molar-refractivity contribution is 7.80. The maximum Gasteiger partial charge on any atom is 0.106 e. The lowest BCUT2D eigenvalue weighted by molar-refractivity contribution is 0.802. The minimum atomic E-state index is 0.487. The van der Waals surface area contributed by atoms with Crippen LogP contribution in [0.15, 0.2) is 35.7 Å². The monoisotopic (exact) mass is 302 g/mol. The summed E-state index contributed by atoms with van der Waals surface area (Å²) in [6, 6.07) is 11.3. The molecule has 1 aliphatic carbocycles. The summed E-state index contributed by atoms with van der Waals surface area (Å²) in [5, 5.41) is 2.13. The molecular weight excluding hydrogens is 284 g/mol. The molecule has 2 N–H and O–H groups in total. The molecule has 1 aliphatic rings. The van der Waals surface area contributed by atoms with Crippen molar-refractivity contribution in [3.8, 4) is 0 Å². The minimum absolute atomic E-state index is 0.487. The average Bonchev–Trinajstić information content (AvgIpc) is 3.13. The lowest BCUT2D eigenvalue weighted by atomic mass is 10.1. The molecule has 1 heterocycles. The molecule has 0 unspecified atom stereocenters. The smallest absolute Gasteiger partial charge is 0.106 e. The molecule has 1 aromatic carbocycles. The topological polar surface area (TPSA) is 29.3 Å². The lowest BCUT2D eigenvalue weighted by Crippen LogP contribution is -2.27. The van der Waals surface area contributed by atoms with Crippen LogP contribution < -0.4 is 10.6 Å². The number of hydrogen-bond acceptors (Lipinski definition) is 3. The molecule has 0 amide bonds. The Labute approximate surface area is 129 Å². The minimum Gasteiger partial charge on any atom is -0.389 e. The Hall–Kier alpha value is -1.39. The van der Waals surface area contributed by atoms with E-state index in [1.807, 2.05) is 0 Å². The van der Waals surface area contributed by atoms with Crippen LogP contribution in [0.1, 0.15) is 28.8 Å². The van der Waals surface area contributed by atoms with E-state index in [1.165, 1.54) is 29.0 Å². The number of nitrogens with zero attached hydrogens (tertiary/aromatic N) is 1. The summed E-state index contributed by atoms with van der Waals surface area (Å²) in [7, 11) is 0. The van der Waals surface area contributed by atoms with E-state index in [0.717, 1.165) is 12.1 Å². The SMILES string of the molecule is Cc1ccc(N(Cc2cccs2)C2CC2)c(C(N)=S)c1. The molecule has 3 rings (SSSR count). The number of benzene rings is 1. The number of thiocarbonyl (C=S) groups is 1. The molecule has 1 saturated carbocycles. The molecule has 0 radical (unpaired) electrons. The summed E-state index contributed by atoms with van der Waals surface area (Å²) in [5.41, 5.74) is 9.30. The van der Waals surface area contributed by atoms with Gasteiger partial charge >= 0.3 is 0 Å². The third kappa shape index (κ3) is 2.86. The third-order valence-corrected chi connectivity index (χ3v) is 4.70. The number of aryl methyl sites for hydroxylation is 1. The normalized spacial score (nSPS) is 14.2. The summed E-state index contributed by atoms with van der Waals surface area (Å²) in [6.07, 6.45) is 2.52. The first-order chi connectivity index (χ1) is 9.65. The van der Waals surface area contributed by atoms with Crippen molar-refractivity contribution >= 4 is 34.2 Å². The van der Waals surface area contributed by atoms with Crippen molar-refractivity contribution < 1.29 is 0 Å². The number of rotatable bonds is 5. The number of hydrogen-bond donors (Lipinski definition) is 1. The Morgan fingerprint density at radius 3 is 2.80 bits per heavy atom. The van der Waals surface area contributed by atoms with Gasteiger partial charge in [-0.3, -0.25) is 0 Å². The summed E-state index contributed by atoms with van der Waals surface area (Å²) < 4.78 is 0. The number of anilines is 1. The van der Waals surface area contributed by atoms with Crippen LogP contribution in [-0.2, 0) is 6.54 Å². The van der Waals surface area contributed by atoms with E-state index in [0.29, 0.717) is 11.0 Å². The Morgan fingerprint density at radius 1 is 1.40 bits per heavy atom. The van der Waals surface area contributed by atoms with Crippen molar-refractivity contribution in [3.05, 3.63) is 51.7 Å². The Kier molecular flexibility index (Phi) is 3.76. The molecule has 20 heavy (non-hydrogen) atoms. The van der Waals surface area contributed by atoms with Crippen molar-refractivity contribution in [2.75, 3.05) is 4.90 Å².